The Morgan fingerprint density at radius 3 is 3.00 bits per heavy atom. The van der Waals surface area contributed by atoms with Crippen LogP contribution in [0.15, 0.2) is 18.3 Å². The van der Waals surface area contributed by atoms with Crippen molar-refractivity contribution < 1.29 is 4.74 Å². The fraction of sp³-hybridized carbons (Fsp3) is 0.545. The van der Waals surface area contributed by atoms with E-state index in [1.807, 2.05) is 12.1 Å². The van der Waals surface area contributed by atoms with Gasteiger partial charge in [-0.05, 0) is 19.4 Å². The smallest absolute Gasteiger partial charge is 0.217 e. The Morgan fingerprint density at radius 1 is 1.57 bits per heavy atom. The fourth-order valence-electron chi connectivity index (χ4n) is 1.17. The number of ether oxygens (including phenoxy) is 1. The largest absolute Gasteiger partial charge is 0.481 e. The molecule has 0 radical (unpaired) electrons. The van der Waals surface area contributed by atoms with E-state index in [1.54, 1.807) is 13.3 Å². The fourth-order valence-corrected chi connectivity index (χ4v) is 1.17. The second kappa shape index (κ2) is 5.60. The lowest BCUT2D eigenvalue weighted by atomic mass is 10.2. The van der Waals surface area contributed by atoms with E-state index < -0.39 is 0 Å². The molecule has 0 unspecified atom stereocenters. The first kappa shape index (κ1) is 11.0. The van der Waals surface area contributed by atoms with E-state index >= 15 is 0 Å². The van der Waals surface area contributed by atoms with Gasteiger partial charge in [-0.25, -0.2) is 4.98 Å². The normalized spacial score (nSPS) is 12.5. The van der Waals surface area contributed by atoms with Crippen molar-refractivity contribution >= 4 is 0 Å². The van der Waals surface area contributed by atoms with E-state index in [-0.39, 0.29) is 0 Å². The van der Waals surface area contributed by atoms with Crippen LogP contribution >= 0.6 is 0 Å². The first-order valence-corrected chi connectivity index (χ1v) is 4.99. The van der Waals surface area contributed by atoms with Crippen molar-refractivity contribution in [3.8, 4) is 5.88 Å². The summed E-state index contributed by atoms with van der Waals surface area (Å²) in [5.41, 5.74) is 1.11. The minimum absolute atomic E-state index is 0.528. The van der Waals surface area contributed by atoms with Gasteiger partial charge in [-0.15, -0.1) is 0 Å². The number of rotatable bonds is 5. The van der Waals surface area contributed by atoms with Crippen LogP contribution < -0.4 is 10.1 Å². The van der Waals surface area contributed by atoms with E-state index in [0.29, 0.717) is 11.9 Å². The van der Waals surface area contributed by atoms with Crippen molar-refractivity contribution in [3.63, 3.8) is 0 Å². The molecule has 0 aliphatic rings. The van der Waals surface area contributed by atoms with Gasteiger partial charge in [0.2, 0.25) is 5.88 Å². The maximum absolute atomic E-state index is 5.16. The maximum atomic E-state index is 5.16. The molecule has 0 saturated heterocycles. The lowest BCUT2D eigenvalue weighted by molar-refractivity contribution is 0.388. The van der Waals surface area contributed by atoms with Crippen molar-refractivity contribution in [1.29, 1.82) is 0 Å². The van der Waals surface area contributed by atoms with Crippen LogP contribution in [0, 0.1) is 0 Å². The molecule has 14 heavy (non-hydrogen) atoms. The van der Waals surface area contributed by atoms with Gasteiger partial charge >= 0.3 is 0 Å². The molecule has 1 heterocycles. The first-order chi connectivity index (χ1) is 6.77. The monoisotopic (exact) mass is 194 g/mol. The van der Waals surface area contributed by atoms with Crippen molar-refractivity contribution in [2.75, 3.05) is 7.11 Å². The number of nitrogens with zero attached hydrogens (tertiary/aromatic N) is 1. The van der Waals surface area contributed by atoms with Gasteiger partial charge in [0.05, 0.1) is 7.11 Å². The van der Waals surface area contributed by atoms with Gasteiger partial charge in [0.1, 0.15) is 0 Å². The number of aromatic nitrogens is 1. The molecule has 0 amide bonds. The van der Waals surface area contributed by atoms with E-state index in [9.17, 15) is 0 Å². The molecule has 0 aromatic carbocycles. The summed E-state index contributed by atoms with van der Waals surface area (Å²) in [7, 11) is 1.65. The van der Waals surface area contributed by atoms with Crippen LogP contribution in [0.4, 0.5) is 0 Å². The molecule has 3 nitrogen and oxygen atoms in total. The molecule has 1 aromatic rings. The van der Waals surface area contributed by atoms with Crippen molar-refractivity contribution in [2.45, 2.75) is 32.9 Å². The predicted octanol–water partition coefficient (Wildman–Crippen LogP) is 1.98. The zero-order valence-corrected chi connectivity index (χ0v) is 9.08. The summed E-state index contributed by atoms with van der Waals surface area (Å²) in [6.45, 7) is 5.15. The molecule has 1 rings (SSSR count). The molecular formula is C11H18N2O. The lowest BCUT2D eigenvalue weighted by Crippen LogP contribution is -2.24. The van der Waals surface area contributed by atoms with Crippen LogP contribution in [-0.4, -0.2) is 18.1 Å². The van der Waals surface area contributed by atoms with Gasteiger partial charge in [-0.1, -0.05) is 13.0 Å². The average molecular weight is 194 g/mol. The molecule has 0 saturated carbocycles. The van der Waals surface area contributed by atoms with E-state index in [2.05, 4.69) is 24.1 Å². The highest BCUT2D eigenvalue weighted by molar-refractivity contribution is 5.24. The molecule has 1 aromatic heterocycles. The molecule has 0 aliphatic carbocycles. The quantitative estimate of drug-likeness (QED) is 0.778. The molecule has 1 N–H and O–H groups in total. The Bertz CT molecular complexity index is 276. The minimum atomic E-state index is 0.528. The zero-order chi connectivity index (χ0) is 10.4. The topological polar surface area (TPSA) is 34.2 Å². The third-order valence-electron chi connectivity index (χ3n) is 2.30. The van der Waals surface area contributed by atoms with Crippen molar-refractivity contribution in [2.24, 2.45) is 0 Å². The minimum Gasteiger partial charge on any atom is -0.481 e. The van der Waals surface area contributed by atoms with Gasteiger partial charge in [-0.3, -0.25) is 0 Å². The van der Waals surface area contributed by atoms with Gasteiger partial charge in [0, 0.05) is 24.3 Å². The maximum Gasteiger partial charge on any atom is 0.217 e. The summed E-state index contributed by atoms with van der Waals surface area (Å²) >= 11 is 0. The number of hydrogen-bond acceptors (Lipinski definition) is 3. The Balaban J connectivity index is 2.57. The van der Waals surface area contributed by atoms with Crippen LogP contribution in [0.2, 0.25) is 0 Å². The Labute approximate surface area is 85.5 Å². The zero-order valence-electron chi connectivity index (χ0n) is 9.08. The van der Waals surface area contributed by atoms with Gasteiger partial charge in [-0.2, -0.15) is 0 Å². The molecule has 0 fully saturated rings. The highest BCUT2D eigenvalue weighted by Crippen LogP contribution is 2.13. The number of pyridine rings is 1. The second-order valence-electron chi connectivity index (χ2n) is 3.36. The highest BCUT2D eigenvalue weighted by atomic mass is 16.5. The molecule has 3 heteroatoms. The van der Waals surface area contributed by atoms with Crippen LogP contribution in [0.1, 0.15) is 25.8 Å². The molecule has 0 spiro atoms. The highest BCUT2D eigenvalue weighted by Gasteiger charge is 2.04. The second-order valence-corrected chi connectivity index (χ2v) is 3.36. The van der Waals surface area contributed by atoms with Gasteiger partial charge in [0.25, 0.3) is 0 Å². The molecule has 1 atom stereocenters. The SMILES string of the molecule is CC[C@@H](C)NCc1cccnc1OC. The third-order valence-corrected chi connectivity index (χ3v) is 2.30. The molecule has 0 bridgehead atoms. The first-order valence-electron chi connectivity index (χ1n) is 4.99. The summed E-state index contributed by atoms with van der Waals surface area (Å²) in [5.74, 6) is 0.711. The van der Waals surface area contributed by atoms with Gasteiger partial charge < -0.3 is 10.1 Å². The predicted molar refractivity (Wildman–Crippen MR) is 57.4 cm³/mol. The summed E-state index contributed by atoms with van der Waals surface area (Å²) in [4.78, 5) is 4.14. The number of methoxy groups -OCH3 is 1. The third kappa shape index (κ3) is 3.00. The summed E-state index contributed by atoms with van der Waals surface area (Å²) in [6.07, 6.45) is 2.87. The summed E-state index contributed by atoms with van der Waals surface area (Å²) in [5, 5.41) is 3.40. The summed E-state index contributed by atoms with van der Waals surface area (Å²) in [6, 6.07) is 4.48. The Morgan fingerprint density at radius 2 is 2.36 bits per heavy atom. The Kier molecular flexibility index (Phi) is 4.40. The van der Waals surface area contributed by atoms with Gasteiger partial charge in [0.15, 0.2) is 0 Å². The van der Waals surface area contributed by atoms with Crippen LogP contribution in [0.3, 0.4) is 0 Å². The average Bonchev–Trinajstić information content (AvgIpc) is 2.26. The van der Waals surface area contributed by atoms with Crippen LogP contribution in [-0.2, 0) is 6.54 Å². The number of nitrogens with one attached hydrogen (secondary N) is 1. The van der Waals surface area contributed by atoms with Crippen molar-refractivity contribution in [1.82, 2.24) is 10.3 Å². The lowest BCUT2D eigenvalue weighted by Gasteiger charge is -2.12. The van der Waals surface area contributed by atoms with E-state index in [0.717, 1.165) is 18.5 Å². The van der Waals surface area contributed by atoms with E-state index in [1.165, 1.54) is 0 Å². The van der Waals surface area contributed by atoms with Crippen molar-refractivity contribution in [3.05, 3.63) is 23.9 Å². The van der Waals surface area contributed by atoms with Crippen LogP contribution in [0.5, 0.6) is 5.88 Å². The standard InChI is InChI=1S/C11H18N2O/c1-4-9(2)13-8-10-6-5-7-12-11(10)14-3/h5-7,9,13H,4,8H2,1-3H3/t9-/m1/s1. The molecule has 78 valence electrons. The molecular weight excluding hydrogens is 176 g/mol. The Hall–Kier alpha value is -1.09. The van der Waals surface area contributed by atoms with E-state index in [4.69, 9.17) is 4.74 Å². The summed E-state index contributed by atoms with van der Waals surface area (Å²) < 4.78 is 5.16. The van der Waals surface area contributed by atoms with Crippen LogP contribution in [0.25, 0.3) is 0 Å². The number of hydrogen-bond donors (Lipinski definition) is 1. The molecule has 0 aliphatic heterocycles.